The molecule has 1 aliphatic rings. The number of nitrogens with zero attached hydrogens (tertiary/aromatic N) is 10. The van der Waals surface area contributed by atoms with Crippen molar-refractivity contribution < 1.29 is 57.4 Å². The number of esters is 3. The number of hydrogen-bond acceptors (Lipinski definition) is 21. The number of ether oxygens (including phenoxy) is 7. The summed E-state index contributed by atoms with van der Waals surface area (Å²) in [5.41, 5.74) is 7.54. The lowest BCUT2D eigenvalue weighted by Crippen LogP contribution is -2.34. The standard InChI is InChI=1S/C32H43N5O7S.C21H25N5O2S.C4H4O3/c1-23(2)37(27-8-9-28(24(3)21-27)35-36-32-31(34-6)26(5)29(22-33)45-32)11-12-40-13-14-41-15-16-42-17-18-43-19-20-44-30(39)10-7-25(4)38;1-14(2)26(9-11-28-12-10-27)17-7-8-18(15(3)13-17)24-25-21-19(22-5)16(4)20(23-6)29-21;5-3-1-2-4(6)7-3/h8-9,21,23H,7,10-20H2,1-5H3;7-8,13-14,27H,9-12H2,1-4H3;1-2H2. The van der Waals surface area contributed by atoms with Crippen LogP contribution in [0.5, 0.6) is 0 Å². The number of aliphatic hydroxyl groups is 1. The maximum absolute atomic E-state index is 11.4. The van der Waals surface area contributed by atoms with Gasteiger partial charge < -0.3 is 52.9 Å². The Morgan fingerprint density at radius 1 is 0.654 bits per heavy atom. The molecule has 22 nitrogen and oxygen atoms in total. The van der Waals surface area contributed by atoms with Crippen molar-refractivity contribution in [3.8, 4) is 6.07 Å². The van der Waals surface area contributed by atoms with Crippen LogP contribution in [0.25, 0.3) is 14.5 Å². The zero-order valence-electron chi connectivity index (χ0n) is 47.6. The molecule has 0 unspecified atom stereocenters. The molecule has 434 valence electrons. The molecule has 24 heteroatoms. The second-order valence-corrected chi connectivity index (χ2v) is 20.3. The Kier molecular flexibility index (Phi) is 31.5. The van der Waals surface area contributed by atoms with E-state index in [9.17, 15) is 24.4 Å². The summed E-state index contributed by atoms with van der Waals surface area (Å²) >= 11 is 2.37. The van der Waals surface area contributed by atoms with Gasteiger partial charge in [0.25, 0.3) is 0 Å². The second-order valence-electron chi connectivity index (χ2n) is 18.3. The van der Waals surface area contributed by atoms with Crippen LogP contribution in [0.2, 0.25) is 0 Å². The van der Waals surface area contributed by atoms with Crippen LogP contribution in [-0.4, -0.2) is 133 Å². The van der Waals surface area contributed by atoms with Crippen LogP contribution >= 0.6 is 22.7 Å². The molecule has 0 atom stereocenters. The summed E-state index contributed by atoms with van der Waals surface area (Å²) in [4.78, 5) is 57.7. The number of rotatable bonds is 31. The Morgan fingerprint density at radius 2 is 1.10 bits per heavy atom. The average Bonchev–Trinajstić information content (AvgIpc) is 4.17. The van der Waals surface area contributed by atoms with Gasteiger partial charge in [0.05, 0.1) is 128 Å². The molecule has 0 amide bonds. The number of nitriles is 1. The Balaban J connectivity index is 0.000000404. The van der Waals surface area contributed by atoms with E-state index in [-0.39, 0.29) is 57.3 Å². The van der Waals surface area contributed by atoms with Gasteiger partial charge in [-0.3, -0.25) is 14.4 Å². The van der Waals surface area contributed by atoms with Crippen LogP contribution in [0.1, 0.15) is 87.4 Å². The number of anilines is 2. The second kappa shape index (κ2) is 37.6. The lowest BCUT2D eigenvalue weighted by molar-refractivity contribution is -0.152. The molecule has 1 fully saturated rings. The molecule has 2 aromatic heterocycles. The first-order valence-corrected chi connectivity index (χ1v) is 27.8. The van der Waals surface area contributed by atoms with E-state index < -0.39 is 17.9 Å². The highest BCUT2D eigenvalue weighted by molar-refractivity contribution is 7.20. The maximum Gasteiger partial charge on any atom is 0.314 e. The number of azo groups is 2. The number of aryl methyl sites for hydroxylation is 2. The SMILES string of the molecule is O=C1CCC(=O)O1.[C-]#[N+]c1c(N=Nc2ccc(N(CCOCCOCCOCCOCCOC(=O)CCC(C)=O)C(C)C)cc2C)sc(C#N)c1C.[C-]#[N+]c1sc(N=Nc2ccc(N(CCOCCO)C(C)C)cc2C)c([N+]#[C-])c1C. The molecule has 0 spiro atoms. The van der Waals surface area contributed by atoms with E-state index in [0.29, 0.717) is 120 Å². The van der Waals surface area contributed by atoms with E-state index in [4.69, 9.17) is 53.2 Å². The van der Waals surface area contributed by atoms with Crippen LogP contribution in [-0.2, 0) is 52.3 Å². The zero-order chi connectivity index (χ0) is 59.7. The summed E-state index contributed by atoms with van der Waals surface area (Å²) in [5, 5.41) is 36.7. The van der Waals surface area contributed by atoms with E-state index in [1.54, 1.807) is 13.8 Å². The van der Waals surface area contributed by atoms with Crippen LogP contribution in [0.15, 0.2) is 56.9 Å². The molecule has 81 heavy (non-hydrogen) atoms. The Morgan fingerprint density at radius 3 is 1.49 bits per heavy atom. The fourth-order valence-corrected chi connectivity index (χ4v) is 8.98. The smallest absolute Gasteiger partial charge is 0.314 e. The van der Waals surface area contributed by atoms with Gasteiger partial charge in [-0.1, -0.05) is 6.92 Å². The Hall–Kier alpha value is -7.36. The normalized spacial score (nSPS) is 11.9. The largest absolute Gasteiger partial charge is 0.463 e. The molecule has 0 radical (unpaired) electrons. The zero-order valence-corrected chi connectivity index (χ0v) is 49.2. The van der Waals surface area contributed by atoms with Gasteiger partial charge in [0.2, 0.25) is 16.4 Å². The van der Waals surface area contributed by atoms with Gasteiger partial charge in [-0.05, 0) is 114 Å². The average molecular weight is 1150 g/mol. The lowest BCUT2D eigenvalue weighted by Gasteiger charge is -2.29. The highest BCUT2D eigenvalue weighted by Crippen LogP contribution is 2.47. The van der Waals surface area contributed by atoms with Gasteiger partial charge >= 0.3 is 17.9 Å². The number of benzene rings is 2. The van der Waals surface area contributed by atoms with Crippen molar-refractivity contribution in [3.05, 3.63) is 97.8 Å². The maximum atomic E-state index is 11.4. The van der Waals surface area contributed by atoms with Crippen LogP contribution in [0.3, 0.4) is 0 Å². The minimum Gasteiger partial charge on any atom is -0.463 e. The number of ketones is 1. The van der Waals surface area contributed by atoms with Crippen molar-refractivity contribution in [2.45, 2.75) is 100 Å². The van der Waals surface area contributed by atoms with Gasteiger partial charge in [0.1, 0.15) is 28.5 Å². The topological polar surface area (TPSA) is 246 Å². The number of hydrogen-bond donors (Lipinski definition) is 1. The van der Waals surface area contributed by atoms with E-state index in [2.05, 4.69) is 95.4 Å². The van der Waals surface area contributed by atoms with Gasteiger partial charge in [-0.25, -0.2) is 14.5 Å². The van der Waals surface area contributed by atoms with Gasteiger partial charge in [0.15, 0.2) is 0 Å². The highest BCUT2D eigenvalue weighted by Gasteiger charge is 2.20. The van der Waals surface area contributed by atoms with Gasteiger partial charge in [-0.2, -0.15) is 25.7 Å². The minimum absolute atomic E-state index is 0.0246. The third kappa shape index (κ3) is 24.1. The molecule has 4 aromatic rings. The van der Waals surface area contributed by atoms with Crippen molar-refractivity contribution in [1.29, 1.82) is 5.26 Å². The summed E-state index contributed by atoms with van der Waals surface area (Å²) in [6, 6.07) is 14.6. The third-order valence-electron chi connectivity index (χ3n) is 11.6. The molecule has 0 bridgehead atoms. The highest BCUT2D eigenvalue weighted by atomic mass is 32.1. The molecular formula is C57H72N10O12S2. The first-order chi connectivity index (χ1) is 38.9. The molecular weight excluding hydrogens is 1080 g/mol. The van der Waals surface area contributed by atoms with Crippen molar-refractivity contribution in [2.75, 3.05) is 102 Å². The molecule has 1 N–H and O–H groups in total. The predicted octanol–water partition coefficient (Wildman–Crippen LogP) is 12.4. The van der Waals surface area contributed by atoms with E-state index in [1.807, 2.05) is 38.1 Å². The Labute approximate surface area is 482 Å². The minimum atomic E-state index is -0.398. The van der Waals surface area contributed by atoms with Crippen LogP contribution < -0.4 is 9.80 Å². The molecule has 0 saturated carbocycles. The van der Waals surface area contributed by atoms with Crippen molar-refractivity contribution >= 4 is 95.5 Å². The Bertz CT molecular complexity index is 2910. The van der Waals surface area contributed by atoms with E-state index in [1.165, 1.54) is 29.6 Å². The summed E-state index contributed by atoms with van der Waals surface area (Å²) in [6.07, 6.45) is 0.820. The van der Waals surface area contributed by atoms with Crippen molar-refractivity contribution in [1.82, 2.24) is 0 Å². The number of carbonyl (C=O) groups excluding carboxylic acids is 4. The summed E-state index contributed by atoms with van der Waals surface area (Å²) in [6.45, 7) is 45.3. The van der Waals surface area contributed by atoms with Crippen LogP contribution in [0, 0.1) is 58.7 Å². The fraction of sp³-hybridized carbons (Fsp3) is 0.509. The van der Waals surface area contributed by atoms with Crippen LogP contribution in [0.4, 0.5) is 49.1 Å². The van der Waals surface area contributed by atoms with Gasteiger partial charge in [-0.15, -0.1) is 22.7 Å². The first kappa shape index (κ1) is 67.9. The molecule has 2 aromatic carbocycles. The summed E-state index contributed by atoms with van der Waals surface area (Å²) < 4.78 is 36.6. The number of aliphatic hydroxyl groups excluding tert-OH is 1. The lowest BCUT2D eigenvalue weighted by atomic mass is 10.1. The third-order valence-corrected chi connectivity index (χ3v) is 13.7. The fourth-order valence-electron chi connectivity index (χ4n) is 7.26. The number of Topliss-reactive ketones (excluding diaryl/α,β-unsaturated/α-hetero) is 1. The van der Waals surface area contributed by atoms with Crippen molar-refractivity contribution in [3.63, 3.8) is 0 Å². The summed E-state index contributed by atoms with van der Waals surface area (Å²) in [5.74, 6) is -1.23. The number of thiophene rings is 2. The molecule has 1 aliphatic heterocycles. The molecule has 5 rings (SSSR count). The van der Waals surface area contributed by atoms with Crippen molar-refractivity contribution in [2.24, 2.45) is 20.5 Å². The molecule has 0 aliphatic carbocycles. The molecule has 1 saturated heterocycles. The monoisotopic (exact) mass is 1150 g/mol. The van der Waals surface area contributed by atoms with E-state index >= 15 is 0 Å². The van der Waals surface area contributed by atoms with E-state index in [0.717, 1.165) is 34.7 Å². The first-order valence-electron chi connectivity index (χ1n) is 26.1. The summed E-state index contributed by atoms with van der Waals surface area (Å²) in [7, 11) is 0. The molecule has 3 heterocycles. The predicted molar refractivity (Wildman–Crippen MR) is 310 cm³/mol. The number of carbonyl (C=O) groups is 4. The quantitative estimate of drug-likeness (QED) is 0.0162. The number of cyclic esters (lactones) is 2. The van der Waals surface area contributed by atoms with Gasteiger partial charge in [0, 0.05) is 43.0 Å².